The Morgan fingerprint density at radius 3 is 2.44 bits per heavy atom. The summed E-state index contributed by atoms with van der Waals surface area (Å²) in [5, 5.41) is 54.6. The second-order valence-electron chi connectivity index (χ2n) is 17.9. The van der Waals surface area contributed by atoms with E-state index >= 15 is 0 Å². The standard InChI is InChI=1S/C44H72ClN5O10.C2H6/c1-11-35-44(7,56)42(54)50(10)25-26(2)24-43(6,55)39(28(4)37(52)29(5)40(53)59-35)60-41-38(34(49(8)9)22-27(3)58-41)57-21-13-19-48-36(51)14-12-18-46-32-17-20-47-33-23-30(45)15-16-31(32)33;1-2/h15-17,20,23,26-29,34-35,37-39,41-42,52,54-56H,11-14,18-19,21-22,24-25H2,1-10H3,(H,46,47)(H,48,51);1-2H3/t26-,27?,28+,29?,34?,35-,37+,38-,39-,41?,42?,43-,44-;/m1./s1. The fourth-order valence-electron chi connectivity index (χ4n) is 8.89. The Labute approximate surface area is 375 Å². The molecule has 62 heavy (non-hydrogen) atoms. The van der Waals surface area contributed by atoms with Crippen LogP contribution in [0.5, 0.6) is 0 Å². The average Bonchev–Trinajstić information content (AvgIpc) is 3.22. The first kappa shape index (κ1) is 53.6. The van der Waals surface area contributed by atoms with Gasteiger partial charge in [-0.15, -0.1) is 0 Å². The summed E-state index contributed by atoms with van der Waals surface area (Å²) < 4.78 is 25.5. The maximum Gasteiger partial charge on any atom is 0.311 e. The van der Waals surface area contributed by atoms with Crippen molar-refractivity contribution in [1.82, 2.24) is 20.1 Å². The number of cyclic esters (lactones) is 1. The van der Waals surface area contributed by atoms with Gasteiger partial charge in [-0.25, -0.2) is 0 Å². The van der Waals surface area contributed by atoms with Crippen LogP contribution in [-0.2, 0) is 28.5 Å². The van der Waals surface area contributed by atoms with Gasteiger partial charge < -0.3 is 54.9 Å². The molecule has 0 bridgehead atoms. The second kappa shape index (κ2) is 24.6. The largest absolute Gasteiger partial charge is 0.459 e. The topological polar surface area (TPSA) is 195 Å². The zero-order valence-electron chi connectivity index (χ0n) is 39.3. The van der Waals surface area contributed by atoms with Crippen LogP contribution in [0.25, 0.3) is 10.9 Å². The summed E-state index contributed by atoms with van der Waals surface area (Å²) in [5.41, 5.74) is -1.63. The zero-order chi connectivity index (χ0) is 46.5. The van der Waals surface area contributed by atoms with E-state index in [2.05, 4.69) is 20.5 Å². The van der Waals surface area contributed by atoms with Gasteiger partial charge in [0.05, 0.1) is 35.3 Å². The Hall–Kier alpha value is -2.70. The molecule has 4 rings (SSSR count). The Morgan fingerprint density at radius 2 is 1.77 bits per heavy atom. The van der Waals surface area contributed by atoms with Crippen LogP contribution < -0.4 is 10.6 Å². The zero-order valence-corrected chi connectivity index (χ0v) is 40.0. The Bertz CT molecular complexity index is 1690. The number of ether oxygens (including phenoxy) is 4. The van der Waals surface area contributed by atoms with Crippen molar-refractivity contribution in [2.45, 2.75) is 161 Å². The van der Waals surface area contributed by atoms with Crippen molar-refractivity contribution in [3.63, 3.8) is 0 Å². The number of nitrogens with one attached hydrogen (secondary N) is 2. The van der Waals surface area contributed by atoms with Crippen LogP contribution in [0.15, 0.2) is 30.5 Å². The Balaban J connectivity index is 0.00000504. The van der Waals surface area contributed by atoms with Gasteiger partial charge >= 0.3 is 5.97 Å². The molecule has 15 nitrogen and oxygen atoms in total. The van der Waals surface area contributed by atoms with E-state index in [4.69, 9.17) is 30.5 Å². The van der Waals surface area contributed by atoms with E-state index in [0.717, 1.165) is 16.6 Å². The van der Waals surface area contributed by atoms with Crippen LogP contribution in [-0.4, -0.2) is 155 Å². The summed E-state index contributed by atoms with van der Waals surface area (Å²) in [5.74, 6) is -2.88. The fraction of sp³-hybridized carbons (Fsp3) is 0.761. The number of aliphatic hydroxyl groups is 4. The maximum absolute atomic E-state index is 13.5. The number of pyridine rings is 1. The molecule has 0 radical (unpaired) electrons. The van der Waals surface area contributed by atoms with Crippen LogP contribution in [0, 0.1) is 17.8 Å². The second-order valence-corrected chi connectivity index (χ2v) is 18.3. The van der Waals surface area contributed by atoms with E-state index in [1.165, 1.54) is 13.8 Å². The van der Waals surface area contributed by atoms with E-state index in [-0.39, 0.29) is 43.4 Å². The molecule has 2 saturated heterocycles. The lowest BCUT2D eigenvalue weighted by Gasteiger charge is -2.48. The number of carbonyl (C=O) groups excluding carboxylic acids is 2. The molecule has 2 aromatic rings. The SMILES string of the molecule is CC.CC[C@H]1OC(=O)C(C)[C@@H](O)[C@H](C)[C@@H](OC2OC(C)CC(N(C)C)[C@H]2OCCCNC(=O)CCCNc2ccnc3cc(Cl)ccc23)[C@](C)(O)C[C@@H](C)CN(C)C(O)[C@]1(C)O. The van der Waals surface area contributed by atoms with Gasteiger partial charge in [-0.05, 0) is 111 Å². The quantitative estimate of drug-likeness (QED) is 0.107. The average molecular weight is 897 g/mol. The summed E-state index contributed by atoms with van der Waals surface area (Å²) in [7, 11) is 5.59. The lowest BCUT2D eigenvalue weighted by molar-refractivity contribution is -0.306. The summed E-state index contributed by atoms with van der Waals surface area (Å²) >= 11 is 6.12. The normalized spacial score (nSPS) is 34.2. The highest BCUT2D eigenvalue weighted by molar-refractivity contribution is 6.31. The summed E-state index contributed by atoms with van der Waals surface area (Å²) in [4.78, 5) is 34.3. The number of aromatic nitrogens is 1. The van der Waals surface area contributed by atoms with E-state index in [9.17, 15) is 30.0 Å². The molecule has 6 N–H and O–H groups in total. The number of hydrogen-bond donors (Lipinski definition) is 6. The number of hydrogen-bond acceptors (Lipinski definition) is 14. The van der Waals surface area contributed by atoms with Crippen LogP contribution in [0.2, 0.25) is 5.02 Å². The van der Waals surface area contributed by atoms with Crippen molar-refractivity contribution in [2.24, 2.45) is 17.8 Å². The molecule has 1 aromatic heterocycles. The molecule has 3 heterocycles. The lowest BCUT2D eigenvalue weighted by atomic mass is 9.77. The molecule has 13 atom stereocenters. The number of nitrogens with zero attached hydrogens (tertiary/aromatic N) is 3. The Morgan fingerprint density at radius 1 is 1.08 bits per heavy atom. The number of amides is 1. The van der Waals surface area contributed by atoms with Gasteiger partial charge in [0.2, 0.25) is 5.91 Å². The number of likely N-dealkylation sites (N-methyl/N-ethyl adjacent to an activating group) is 2. The molecule has 2 fully saturated rings. The predicted molar refractivity (Wildman–Crippen MR) is 243 cm³/mol. The van der Waals surface area contributed by atoms with Crippen LogP contribution in [0.1, 0.15) is 101 Å². The van der Waals surface area contributed by atoms with Crippen molar-refractivity contribution in [3.05, 3.63) is 35.5 Å². The van der Waals surface area contributed by atoms with Gasteiger partial charge in [0.15, 0.2) is 6.29 Å². The first-order chi connectivity index (χ1) is 29.2. The van der Waals surface area contributed by atoms with Gasteiger partial charge in [0, 0.05) is 66.9 Å². The van der Waals surface area contributed by atoms with E-state index in [1.807, 2.05) is 66.1 Å². The number of benzene rings is 1. The molecule has 354 valence electrons. The van der Waals surface area contributed by atoms with Gasteiger partial charge in [-0.3, -0.25) is 19.5 Å². The minimum absolute atomic E-state index is 0.0578. The predicted octanol–water partition coefficient (Wildman–Crippen LogP) is 5.20. The van der Waals surface area contributed by atoms with Crippen molar-refractivity contribution >= 4 is 40.1 Å². The van der Waals surface area contributed by atoms with E-state index in [1.54, 1.807) is 38.9 Å². The summed E-state index contributed by atoms with van der Waals surface area (Å²) in [6.45, 7) is 17.6. The van der Waals surface area contributed by atoms with Gasteiger partial charge in [-0.2, -0.15) is 0 Å². The monoisotopic (exact) mass is 896 g/mol. The molecule has 1 amide bonds. The number of fused-ring (bicyclic) bond motifs is 1. The number of anilines is 1. The minimum Gasteiger partial charge on any atom is -0.459 e. The number of aliphatic hydroxyl groups excluding tert-OH is 2. The molecule has 2 aliphatic rings. The number of carbonyl (C=O) groups is 2. The van der Waals surface area contributed by atoms with E-state index in [0.29, 0.717) is 50.4 Å². The van der Waals surface area contributed by atoms with Crippen molar-refractivity contribution in [3.8, 4) is 0 Å². The minimum atomic E-state index is -1.81. The number of halogens is 1. The van der Waals surface area contributed by atoms with E-state index < -0.39 is 65.9 Å². The highest BCUT2D eigenvalue weighted by atomic mass is 35.5. The van der Waals surface area contributed by atoms with Crippen molar-refractivity contribution in [2.75, 3.05) is 52.7 Å². The molecule has 0 aliphatic carbocycles. The third kappa shape index (κ3) is 14.4. The summed E-state index contributed by atoms with van der Waals surface area (Å²) in [6.07, 6.45) is -2.23. The van der Waals surface area contributed by atoms with Crippen LogP contribution in [0.3, 0.4) is 0 Å². The maximum atomic E-state index is 13.5. The third-order valence-electron chi connectivity index (χ3n) is 12.2. The molecular weight excluding hydrogens is 818 g/mol. The van der Waals surface area contributed by atoms with Crippen LogP contribution in [0.4, 0.5) is 5.69 Å². The molecule has 16 heteroatoms. The van der Waals surface area contributed by atoms with Crippen LogP contribution >= 0.6 is 11.6 Å². The van der Waals surface area contributed by atoms with Crippen molar-refractivity contribution < 1.29 is 49.0 Å². The smallest absolute Gasteiger partial charge is 0.311 e. The fourth-order valence-corrected chi connectivity index (χ4v) is 9.05. The first-order valence-electron chi connectivity index (χ1n) is 22.5. The highest BCUT2D eigenvalue weighted by Crippen LogP contribution is 2.37. The molecule has 0 spiro atoms. The third-order valence-corrected chi connectivity index (χ3v) is 12.4. The number of rotatable bonds is 14. The molecule has 1 aromatic carbocycles. The molecular formula is C46H78ClN5O10. The van der Waals surface area contributed by atoms with Crippen molar-refractivity contribution in [1.29, 1.82) is 0 Å². The van der Waals surface area contributed by atoms with Gasteiger partial charge in [-0.1, -0.05) is 46.2 Å². The van der Waals surface area contributed by atoms with Gasteiger partial charge in [0.1, 0.15) is 24.0 Å². The van der Waals surface area contributed by atoms with Gasteiger partial charge in [0.25, 0.3) is 0 Å². The lowest BCUT2D eigenvalue weighted by Crippen LogP contribution is -2.61. The Kier molecular flexibility index (Phi) is 21.2. The molecule has 2 aliphatic heterocycles. The first-order valence-corrected chi connectivity index (χ1v) is 22.9. The number of esters is 1. The molecule has 0 saturated carbocycles. The summed E-state index contributed by atoms with van der Waals surface area (Å²) in [6, 6.07) is 7.35. The molecule has 5 unspecified atom stereocenters. The highest BCUT2D eigenvalue weighted by Gasteiger charge is 2.50.